The number of hydrogen-bond donors (Lipinski definition) is 0. The molecule has 1 aliphatic heterocycles. The molecule has 1 fully saturated rings. The molecule has 6 nitrogen and oxygen atoms in total. The highest BCUT2D eigenvalue weighted by atomic mass is 32.1. The summed E-state index contributed by atoms with van der Waals surface area (Å²) in [7, 11) is 1.92. The Morgan fingerprint density at radius 1 is 1.33 bits per heavy atom. The molecule has 2 aromatic rings. The molecule has 0 aliphatic carbocycles. The Hall–Kier alpha value is -1.89. The minimum atomic E-state index is 0.0690. The van der Waals surface area contributed by atoms with Crippen LogP contribution in [0.4, 0.5) is 5.13 Å². The molecule has 1 aliphatic rings. The molecule has 0 N–H and O–H groups in total. The van der Waals surface area contributed by atoms with Gasteiger partial charge >= 0.3 is 0 Å². The molecule has 0 saturated carbocycles. The Bertz CT molecular complexity index is 654. The van der Waals surface area contributed by atoms with Crippen molar-refractivity contribution in [3.05, 3.63) is 24.5 Å². The van der Waals surface area contributed by atoms with Gasteiger partial charge < -0.3 is 9.80 Å². The molecule has 1 unspecified atom stereocenters. The maximum absolute atomic E-state index is 12.6. The van der Waals surface area contributed by atoms with Gasteiger partial charge in [-0.05, 0) is 31.4 Å². The molecule has 0 spiro atoms. The van der Waals surface area contributed by atoms with Gasteiger partial charge in [-0.2, -0.15) is 0 Å². The van der Waals surface area contributed by atoms with E-state index in [0.29, 0.717) is 0 Å². The van der Waals surface area contributed by atoms with Crippen LogP contribution < -0.4 is 4.90 Å². The predicted octanol–water partition coefficient (Wildman–Crippen LogP) is 2.80. The van der Waals surface area contributed by atoms with Gasteiger partial charge in [0.25, 0.3) is 0 Å². The fourth-order valence-corrected chi connectivity index (χ4v) is 3.92. The van der Waals surface area contributed by atoms with Crippen molar-refractivity contribution >= 4 is 22.4 Å². The van der Waals surface area contributed by atoms with Gasteiger partial charge in [-0.15, -0.1) is 10.2 Å². The number of unbranched alkanes of at least 4 members (excludes halogenated alkanes) is 1. The average molecular weight is 347 g/mol. The van der Waals surface area contributed by atoms with Gasteiger partial charge in [-0.1, -0.05) is 24.7 Å². The van der Waals surface area contributed by atoms with E-state index in [4.69, 9.17) is 0 Å². The van der Waals surface area contributed by atoms with Gasteiger partial charge in [-0.3, -0.25) is 9.36 Å². The molecule has 1 atom stereocenters. The number of carbonyl (C=O) groups is 1. The normalized spacial score (nSPS) is 17.9. The fraction of sp³-hybridized carbons (Fsp3) is 0.588. The van der Waals surface area contributed by atoms with E-state index < -0.39 is 0 Å². The van der Waals surface area contributed by atoms with Crippen molar-refractivity contribution in [2.24, 2.45) is 5.92 Å². The lowest BCUT2D eigenvalue weighted by molar-refractivity contribution is -0.134. The number of hydrogen-bond acceptors (Lipinski definition) is 5. The van der Waals surface area contributed by atoms with Crippen molar-refractivity contribution in [2.45, 2.75) is 32.6 Å². The Balaban J connectivity index is 1.64. The van der Waals surface area contributed by atoms with Crippen LogP contribution in [0.25, 0.3) is 5.13 Å². The van der Waals surface area contributed by atoms with Crippen molar-refractivity contribution in [3.8, 4) is 5.13 Å². The number of aromatic nitrogens is 3. The van der Waals surface area contributed by atoms with Gasteiger partial charge in [-0.25, -0.2) is 0 Å². The van der Waals surface area contributed by atoms with Crippen molar-refractivity contribution in [1.29, 1.82) is 0 Å². The molecule has 130 valence electrons. The highest BCUT2D eigenvalue weighted by Gasteiger charge is 2.29. The van der Waals surface area contributed by atoms with Gasteiger partial charge in [0.05, 0.1) is 5.92 Å². The first-order valence-electron chi connectivity index (χ1n) is 8.65. The van der Waals surface area contributed by atoms with E-state index in [-0.39, 0.29) is 11.8 Å². The lowest BCUT2D eigenvalue weighted by Gasteiger charge is -2.33. The van der Waals surface area contributed by atoms with E-state index in [1.54, 1.807) is 11.3 Å². The zero-order valence-electron chi connectivity index (χ0n) is 14.4. The van der Waals surface area contributed by atoms with Crippen molar-refractivity contribution < 1.29 is 4.79 Å². The second kappa shape index (κ2) is 7.79. The maximum atomic E-state index is 12.6. The van der Waals surface area contributed by atoms with E-state index in [9.17, 15) is 4.79 Å². The molecule has 0 radical (unpaired) electrons. The second-order valence-electron chi connectivity index (χ2n) is 6.36. The Morgan fingerprint density at radius 2 is 2.08 bits per heavy atom. The van der Waals surface area contributed by atoms with Crippen LogP contribution in [-0.2, 0) is 4.79 Å². The summed E-state index contributed by atoms with van der Waals surface area (Å²) in [6.07, 6.45) is 8.10. The van der Waals surface area contributed by atoms with Gasteiger partial charge in [0.1, 0.15) is 0 Å². The molecule has 1 amide bonds. The van der Waals surface area contributed by atoms with Crippen LogP contribution in [0.15, 0.2) is 24.5 Å². The van der Waals surface area contributed by atoms with E-state index in [2.05, 4.69) is 22.0 Å². The topological polar surface area (TPSA) is 54.3 Å². The summed E-state index contributed by atoms with van der Waals surface area (Å²) < 4.78 is 1.96. The largest absolute Gasteiger partial charge is 0.346 e. The van der Waals surface area contributed by atoms with Crippen molar-refractivity contribution in [2.75, 3.05) is 31.6 Å². The monoisotopic (exact) mass is 347 g/mol. The number of carbonyl (C=O) groups excluding carboxylic acids is 1. The minimum absolute atomic E-state index is 0.0690. The lowest BCUT2D eigenvalue weighted by atomic mass is 9.97. The van der Waals surface area contributed by atoms with E-state index in [1.165, 1.54) is 0 Å². The third-order valence-corrected chi connectivity index (χ3v) is 5.49. The van der Waals surface area contributed by atoms with E-state index >= 15 is 0 Å². The Morgan fingerprint density at radius 3 is 2.83 bits per heavy atom. The van der Waals surface area contributed by atoms with Crippen LogP contribution in [-0.4, -0.2) is 52.3 Å². The number of anilines is 1. The molecular formula is C17H25N5OS. The van der Waals surface area contributed by atoms with E-state index in [1.807, 2.05) is 41.0 Å². The molecule has 0 aromatic carbocycles. The number of rotatable bonds is 6. The van der Waals surface area contributed by atoms with Crippen LogP contribution in [0.1, 0.15) is 32.6 Å². The Labute approximate surface area is 147 Å². The fourth-order valence-electron chi connectivity index (χ4n) is 3.07. The Kier molecular flexibility index (Phi) is 5.50. The molecule has 1 saturated heterocycles. The molecule has 2 aromatic heterocycles. The van der Waals surface area contributed by atoms with Crippen LogP contribution in [0.2, 0.25) is 0 Å². The number of nitrogens with zero attached hydrogens (tertiary/aromatic N) is 5. The smallest absolute Gasteiger partial charge is 0.227 e. The summed E-state index contributed by atoms with van der Waals surface area (Å²) >= 11 is 1.57. The van der Waals surface area contributed by atoms with Crippen LogP contribution >= 0.6 is 11.3 Å². The van der Waals surface area contributed by atoms with Crippen LogP contribution in [0.5, 0.6) is 0 Å². The third-order valence-electron chi connectivity index (χ3n) is 4.49. The first-order valence-corrected chi connectivity index (χ1v) is 9.47. The zero-order chi connectivity index (χ0) is 16.9. The second-order valence-corrected chi connectivity index (χ2v) is 7.29. The summed E-state index contributed by atoms with van der Waals surface area (Å²) in [5, 5.41) is 10.4. The molecular weight excluding hydrogens is 322 g/mol. The lowest BCUT2D eigenvalue weighted by Crippen LogP contribution is -2.44. The first-order chi connectivity index (χ1) is 11.7. The maximum Gasteiger partial charge on any atom is 0.227 e. The standard InChI is InChI=1S/C17H25N5OS/c1-3-4-9-20(2)15(23)14-8-7-12-22(13-14)17-19-18-16(24-17)21-10-5-6-11-21/h5-6,10-11,14H,3-4,7-9,12-13H2,1-2H3. The average Bonchev–Trinajstić information content (AvgIpc) is 3.30. The molecule has 0 bridgehead atoms. The van der Waals surface area contributed by atoms with Gasteiger partial charge in [0.15, 0.2) is 0 Å². The van der Waals surface area contributed by atoms with Crippen molar-refractivity contribution in [1.82, 2.24) is 19.7 Å². The zero-order valence-corrected chi connectivity index (χ0v) is 15.2. The van der Waals surface area contributed by atoms with Crippen molar-refractivity contribution in [3.63, 3.8) is 0 Å². The summed E-state index contributed by atoms with van der Waals surface area (Å²) in [5.41, 5.74) is 0. The highest BCUT2D eigenvalue weighted by Crippen LogP contribution is 2.28. The number of amides is 1. The van der Waals surface area contributed by atoms with Gasteiger partial charge in [0.2, 0.25) is 16.2 Å². The molecule has 3 rings (SSSR count). The highest BCUT2D eigenvalue weighted by molar-refractivity contribution is 7.17. The van der Waals surface area contributed by atoms with Crippen LogP contribution in [0, 0.1) is 5.92 Å². The SMILES string of the molecule is CCCCN(C)C(=O)C1CCCN(c2nnc(-n3cccc3)s2)C1. The summed E-state index contributed by atoms with van der Waals surface area (Å²) in [6, 6.07) is 3.95. The summed E-state index contributed by atoms with van der Waals surface area (Å²) in [4.78, 5) is 16.7. The quantitative estimate of drug-likeness (QED) is 0.806. The predicted molar refractivity (Wildman–Crippen MR) is 96.7 cm³/mol. The van der Waals surface area contributed by atoms with Crippen LogP contribution in [0.3, 0.4) is 0 Å². The minimum Gasteiger partial charge on any atom is -0.346 e. The van der Waals surface area contributed by atoms with Gasteiger partial charge in [0, 0.05) is 39.1 Å². The van der Waals surface area contributed by atoms with E-state index in [0.717, 1.165) is 55.6 Å². The third kappa shape index (κ3) is 3.77. The molecule has 3 heterocycles. The summed E-state index contributed by atoms with van der Waals surface area (Å²) in [6.45, 7) is 4.69. The summed E-state index contributed by atoms with van der Waals surface area (Å²) in [5.74, 6) is 0.336. The molecule has 24 heavy (non-hydrogen) atoms. The molecule has 7 heteroatoms. The number of piperidine rings is 1. The first kappa shape index (κ1) is 17.0.